The van der Waals surface area contributed by atoms with Gasteiger partial charge >= 0.3 is 6.03 Å². The summed E-state index contributed by atoms with van der Waals surface area (Å²) in [4.78, 5) is 13.6. The number of aliphatic hydroxyl groups is 1. The first-order valence-electron chi connectivity index (χ1n) is 7.46. The highest BCUT2D eigenvalue weighted by molar-refractivity contribution is 5.74. The van der Waals surface area contributed by atoms with Gasteiger partial charge in [0, 0.05) is 38.4 Å². The number of hydrogen-bond acceptors (Lipinski definition) is 3. The predicted octanol–water partition coefficient (Wildman–Crippen LogP) is 1.78. The average molecular weight is 314 g/mol. The Balaban J connectivity index is 2.00. The molecule has 122 valence electrons. The summed E-state index contributed by atoms with van der Waals surface area (Å²) < 4.78 is 1.76. The number of nitrogens with one attached hydrogen (secondary N) is 1. The van der Waals surface area contributed by atoms with Crippen molar-refractivity contribution in [1.82, 2.24) is 20.0 Å². The van der Waals surface area contributed by atoms with E-state index < -0.39 is 0 Å². The molecule has 0 saturated carbocycles. The Labute approximate surface area is 136 Å². The third kappa shape index (κ3) is 4.69. The number of nitrogens with zero attached hydrogens (tertiary/aromatic N) is 3. The maximum absolute atomic E-state index is 12.1. The first kappa shape index (κ1) is 16.8. The third-order valence-corrected chi connectivity index (χ3v) is 3.42. The van der Waals surface area contributed by atoms with Crippen LogP contribution < -0.4 is 5.32 Å². The first-order valence-corrected chi connectivity index (χ1v) is 7.46. The Morgan fingerprint density at radius 1 is 1.48 bits per heavy atom. The molecule has 1 aromatic heterocycles. The Morgan fingerprint density at radius 2 is 2.30 bits per heavy atom. The fraction of sp³-hybridized carbons (Fsp3) is 0.294. The standard InChI is InChI=1S/C17H22N4O2/c1-3-7-21(8-9-22)17(23)18-11-14-5-4-6-15(10-14)16-12-19-20(2)13-16/h3-6,10,12-13,22H,1,7-9,11H2,2H3,(H,18,23). The highest BCUT2D eigenvalue weighted by Gasteiger charge is 2.11. The number of carbonyl (C=O) groups excluding carboxylic acids is 1. The molecule has 0 radical (unpaired) electrons. The van der Waals surface area contributed by atoms with Crippen molar-refractivity contribution in [2.75, 3.05) is 19.7 Å². The van der Waals surface area contributed by atoms with Crippen LogP contribution in [0, 0.1) is 0 Å². The molecule has 0 spiro atoms. The maximum Gasteiger partial charge on any atom is 0.318 e. The van der Waals surface area contributed by atoms with Crippen molar-refractivity contribution in [2.24, 2.45) is 7.05 Å². The number of rotatable bonds is 7. The molecule has 23 heavy (non-hydrogen) atoms. The largest absolute Gasteiger partial charge is 0.395 e. The molecular formula is C17H22N4O2. The van der Waals surface area contributed by atoms with Crippen molar-refractivity contribution in [1.29, 1.82) is 0 Å². The Hall–Kier alpha value is -2.60. The number of aromatic nitrogens is 2. The zero-order chi connectivity index (χ0) is 16.7. The SMILES string of the molecule is C=CCN(CCO)C(=O)NCc1cccc(-c2cnn(C)c2)c1. The molecule has 0 aliphatic rings. The van der Waals surface area contributed by atoms with E-state index in [2.05, 4.69) is 17.0 Å². The third-order valence-electron chi connectivity index (χ3n) is 3.42. The lowest BCUT2D eigenvalue weighted by molar-refractivity contribution is 0.183. The van der Waals surface area contributed by atoms with Gasteiger partial charge in [0.25, 0.3) is 0 Å². The van der Waals surface area contributed by atoms with Crippen LogP contribution in [0.2, 0.25) is 0 Å². The van der Waals surface area contributed by atoms with Gasteiger partial charge in [-0.2, -0.15) is 5.10 Å². The van der Waals surface area contributed by atoms with Crippen LogP contribution >= 0.6 is 0 Å². The van der Waals surface area contributed by atoms with Crippen molar-refractivity contribution >= 4 is 6.03 Å². The molecule has 6 heteroatoms. The lowest BCUT2D eigenvalue weighted by Gasteiger charge is -2.20. The van der Waals surface area contributed by atoms with E-state index in [1.807, 2.05) is 43.7 Å². The van der Waals surface area contributed by atoms with Gasteiger partial charge < -0.3 is 15.3 Å². The Bertz CT molecular complexity index is 666. The Kier molecular flexibility index (Phi) is 5.94. The summed E-state index contributed by atoms with van der Waals surface area (Å²) in [6.07, 6.45) is 5.40. The van der Waals surface area contributed by atoms with E-state index in [4.69, 9.17) is 5.11 Å². The minimum atomic E-state index is -0.217. The highest BCUT2D eigenvalue weighted by atomic mass is 16.3. The molecule has 6 nitrogen and oxygen atoms in total. The number of urea groups is 1. The molecule has 0 unspecified atom stereocenters. The summed E-state index contributed by atoms with van der Waals surface area (Å²) >= 11 is 0. The van der Waals surface area contributed by atoms with E-state index in [0.29, 0.717) is 13.1 Å². The summed E-state index contributed by atoms with van der Waals surface area (Å²) in [6, 6.07) is 7.74. The fourth-order valence-corrected chi connectivity index (χ4v) is 2.27. The van der Waals surface area contributed by atoms with E-state index in [1.165, 1.54) is 4.90 Å². The molecule has 1 heterocycles. The normalized spacial score (nSPS) is 10.3. The number of hydrogen-bond donors (Lipinski definition) is 2. The smallest absolute Gasteiger partial charge is 0.318 e. The minimum Gasteiger partial charge on any atom is -0.395 e. The van der Waals surface area contributed by atoms with Gasteiger partial charge in [-0.15, -0.1) is 6.58 Å². The molecule has 0 aliphatic carbocycles. The van der Waals surface area contributed by atoms with Crippen LogP contribution in [0.3, 0.4) is 0 Å². The monoisotopic (exact) mass is 314 g/mol. The summed E-state index contributed by atoms with van der Waals surface area (Å²) in [5.74, 6) is 0. The molecule has 0 bridgehead atoms. The lowest BCUT2D eigenvalue weighted by Crippen LogP contribution is -2.41. The van der Waals surface area contributed by atoms with Gasteiger partial charge in [0.2, 0.25) is 0 Å². The highest BCUT2D eigenvalue weighted by Crippen LogP contribution is 2.19. The van der Waals surface area contributed by atoms with Crippen LogP contribution in [0.5, 0.6) is 0 Å². The van der Waals surface area contributed by atoms with E-state index in [0.717, 1.165) is 16.7 Å². The van der Waals surface area contributed by atoms with Crippen molar-refractivity contribution < 1.29 is 9.90 Å². The van der Waals surface area contributed by atoms with Crippen LogP contribution in [0.1, 0.15) is 5.56 Å². The molecule has 2 amide bonds. The van der Waals surface area contributed by atoms with Crippen LogP contribution in [0.4, 0.5) is 4.79 Å². The molecule has 0 atom stereocenters. The van der Waals surface area contributed by atoms with E-state index >= 15 is 0 Å². The molecule has 2 aromatic rings. The van der Waals surface area contributed by atoms with E-state index in [9.17, 15) is 4.79 Å². The van der Waals surface area contributed by atoms with Crippen molar-refractivity contribution in [3.63, 3.8) is 0 Å². The van der Waals surface area contributed by atoms with Gasteiger partial charge in [0.1, 0.15) is 0 Å². The summed E-state index contributed by atoms with van der Waals surface area (Å²) in [5.41, 5.74) is 3.10. The zero-order valence-electron chi connectivity index (χ0n) is 13.3. The zero-order valence-corrected chi connectivity index (χ0v) is 13.3. The fourth-order valence-electron chi connectivity index (χ4n) is 2.27. The van der Waals surface area contributed by atoms with Gasteiger partial charge in [-0.05, 0) is 17.2 Å². The summed E-state index contributed by atoms with van der Waals surface area (Å²) in [5, 5.41) is 16.0. The molecule has 2 rings (SSSR count). The molecule has 2 N–H and O–H groups in total. The van der Waals surface area contributed by atoms with Gasteiger partial charge in [0.15, 0.2) is 0 Å². The number of carbonyl (C=O) groups is 1. The number of benzene rings is 1. The van der Waals surface area contributed by atoms with E-state index in [-0.39, 0.29) is 19.2 Å². The average Bonchev–Trinajstić information content (AvgIpc) is 2.99. The second-order valence-electron chi connectivity index (χ2n) is 5.22. The molecule has 0 fully saturated rings. The topological polar surface area (TPSA) is 70.4 Å². The second kappa shape index (κ2) is 8.14. The number of aliphatic hydroxyl groups excluding tert-OH is 1. The molecule has 0 aliphatic heterocycles. The number of aryl methyl sites for hydroxylation is 1. The quantitative estimate of drug-likeness (QED) is 0.765. The number of amides is 2. The van der Waals surface area contributed by atoms with Crippen LogP contribution in [-0.2, 0) is 13.6 Å². The molecule has 0 saturated heterocycles. The maximum atomic E-state index is 12.1. The van der Waals surface area contributed by atoms with Gasteiger partial charge in [-0.25, -0.2) is 4.79 Å². The predicted molar refractivity (Wildman–Crippen MR) is 89.7 cm³/mol. The van der Waals surface area contributed by atoms with Gasteiger partial charge in [0.05, 0.1) is 12.8 Å². The second-order valence-corrected chi connectivity index (χ2v) is 5.22. The minimum absolute atomic E-state index is 0.0717. The molecule has 1 aromatic carbocycles. The lowest BCUT2D eigenvalue weighted by atomic mass is 10.1. The van der Waals surface area contributed by atoms with E-state index in [1.54, 1.807) is 10.8 Å². The first-order chi connectivity index (χ1) is 11.1. The van der Waals surface area contributed by atoms with Crippen molar-refractivity contribution in [2.45, 2.75) is 6.54 Å². The van der Waals surface area contributed by atoms with Crippen molar-refractivity contribution in [3.05, 3.63) is 54.9 Å². The van der Waals surface area contributed by atoms with Gasteiger partial charge in [-0.3, -0.25) is 4.68 Å². The summed E-state index contributed by atoms with van der Waals surface area (Å²) in [6.45, 7) is 4.66. The summed E-state index contributed by atoms with van der Waals surface area (Å²) in [7, 11) is 1.88. The Morgan fingerprint density at radius 3 is 2.96 bits per heavy atom. The molecular weight excluding hydrogens is 292 g/mol. The van der Waals surface area contributed by atoms with Gasteiger partial charge in [-0.1, -0.05) is 24.3 Å². The van der Waals surface area contributed by atoms with Crippen LogP contribution in [0.25, 0.3) is 11.1 Å². The van der Waals surface area contributed by atoms with Crippen molar-refractivity contribution in [3.8, 4) is 11.1 Å². The van der Waals surface area contributed by atoms with Crippen LogP contribution in [0.15, 0.2) is 49.3 Å². The van der Waals surface area contributed by atoms with Crippen LogP contribution in [-0.4, -0.2) is 45.5 Å².